The van der Waals surface area contributed by atoms with E-state index in [1.165, 1.54) is 43.0 Å². The van der Waals surface area contributed by atoms with E-state index in [4.69, 9.17) is 27.0 Å². The maximum absolute atomic E-state index is 14.9. The van der Waals surface area contributed by atoms with E-state index in [1.54, 1.807) is 0 Å². The Labute approximate surface area is 208 Å². The number of ether oxygens (including phenoxy) is 2. The van der Waals surface area contributed by atoms with Crippen molar-refractivity contribution in [3.8, 4) is 6.07 Å². The van der Waals surface area contributed by atoms with Crippen LogP contribution in [0.2, 0.25) is 0 Å². The van der Waals surface area contributed by atoms with E-state index in [9.17, 15) is 27.2 Å². The van der Waals surface area contributed by atoms with E-state index < -0.39 is 46.6 Å². The van der Waals surface area contributed by atoms with Gasteiger partial charge in [-0.3, -0.25) is 9.69 Å². The molecule has 2 aliphatic heterocycles. The third-order valence-electron chi connectivity index (χ3n) is 5.95. The number of benzene rings is 2. The molecule has 2 saturated heterocycles. The fourth-order valence-corrected chi connectivity index (χ4v) is 4.61. The van der Waals surface area contributed by atoms with Gasteiger partial charge in [-0.2, -0.15) is 18.4 Å². The molecule has 0 bridgehead atoms. The predicted octanol–water partition coefficient (Wildman–Crippen LogP) is 4.58. The van der Waals surface area contributed by atoms with Crippen molar-refractivity contribution in [3.05, 3.63) is 58.9 Å². The topological polar surface area (TPSA) is 82.9 Å². The van der Waals surface area contributed by atoms with Crippen LogP contribution in [-0.4, -0.2) is 41.8 Å². The Bertz CT molecular complexity index is 1300. The van der Waals surface area contributed by atoms with E-state index in [0.29, 0.717) is 19.1 Å². The zero-order valence-corrected chi connectivity index (χ0v) is 19.9. The zero-order valence-electron chi connectivity index (χ0n) is 19.1. The second-order valence-corrected chi connectivity index (χ2v) is 9.08. The molecule has 0 unspecified atom stereocenters. The third kappa shape index (κ3) is 4.40. The summed E-state index contributed by atoms with van der Waals surface area (Å²) in [6, 6.07) is 7.87. The highest BCUT2D eigenvalue weighted by Gasteiger charge is 2.51. The molecule has 2 heterocycles. The molecule has 2 aliphatic rings. The Kier molecular flexibility index (Phi) is 6.49. The molecular formula is C24H19F4N3O4S. The molecule has 1 amide bonds. The number of anilines is 2. The quantitative estimate of drug-likeness (QED) is 0.331. The van der Waals surface area contributed by atoms with Crippen LogP contribution in [0.4, 0.5) is 28.9 Å². The minimum absolute atomic E-state index is 0.115. The van der Waals surface area contributed by atoms with E-state index in [-0.39, 0.29) is 28.7 Å². The molecule has 4 rings (SSSR count). The molecule has 1 atom stereocenters. The van der Waals surface area contributed by atoms with E-state index in [2.05, 4.69) is 0 Å². The van der Waals surface area contributed by atoms with Gasteiger partial charge in [0.25, 0.3) is 5.91 Å². The van der Waals surface area contributed by atoms with Gasteiger partial charge in [0.15, 0.2) is 5.11 Å². The molecule has 0 radical (unpaired) electrons. The maximum atomic E-state index is 14.9. The lowest BCUT2D eigenvalue weighted by molar-refractivity contribution is -0.137. The summed E-state index contributed by atoms with van der Waals surface area (Å²) in [6.45, 7) is 3.63. The summed E-state index contributed by atoms with van der Waals surface area (Å²) in [5.41, 5.74) is -3.61. The Morgan fingerprint density at radius 2 is 1.92 bits per heavy atom. The molecule has 2 aromatic rings. The van der Waals surface area contributed by atoms with Crippen molar-refractivity contribution in [1.29, 1.82) is 5.26 Å². The Morgan fingerprint density at radius 1 is 1.22 bits per heavy atom. The van der Waals surface area contributed by atoms with Gasteiger partial charge in [0.2, 0.25) is 0 Å². The van der Waals surface area contributed by atoms with Crippen LogP contribution in [0.5, 0.6) is 0 Å². The van der Waals surface area contributed by atoms with Crippen molar-refractivity contribution in [2.24, 2.45) is 0 Å². The summed E-state index contributed by atoms with van der Waals surface area (Å²) in [4.78, 5) is 27.8. The number of amides is 1. The van der Waals surface area contributed by atoms with Crippen LogP contribution in [-0.2, 0) is 20.4 Å². The van der Waals surface area contributed by atoms with Gasteiger partial charge in [-0.25, -0.2) is 9.18 Å². The Hall–Kier alpha value is -3.56. The minimum atomic E-state index is -4.83. The van der Waals surface area contributed by atoms with Crippen molar-refractivity contribution >= 4 is 40.6 Å². The van der Waals surface area contributed by atoms with Crippen LogP contribution >= 0.6 is 12.2 Å². The molecule has 2 fully saturated rings. The highest BCUT2D eigenvalue weighted by molar-refractivity contribution is 7.81. The molecule has 0 aliphatic carbocycles. The highest BCUT2D eigenvalue weighted by Crippen LogP contribution is 2.40. The average Bonchev–Trinajstić information content (AvgIpc) is 3.37. The smallest absolute Gasteiger partial charge is 0.417 e. The van der Waals surface area contributed by atoms with Crippen LogP contribution in [0.15, 0.2) is 36.4 Å². The zero-order chi connectivity index (χ0) is 26.4. The molecule has 188 valence electrons. The summed E-state index contributed by atoms with van der Waals surface area (Å²) in [5.74, 6) is -2.44. The number of nitriles is 1. The molecule has 0 N–H and O–H groups in total. The molecule has 0 aromatic heterocycles. The first-order valence-corrected chi connectivity index (χ1v) is 11.2. The summed E-state index contributed by atoms with van der Waals surface area (Å²) in [6.07, 6.45) is -4.80. The van der Waals surface area contributed by atoms with Crippen molar-refractivity contribution < 1.29 is 36.6 Å². The lowest BCUT2D eigenvalue weighted by Crippen LogP contribution is -2.44. The van der Waals surface area contributed by atoms with E-state index in [1.807, 2.05) is 0 Å². The Morgan fingerprint density at radius 3 is 2.50 bits per heavy atom. The molecule has 36 heavy (non-hydrogen) atoms. The lowest BCUT2D eigenvalue weighted by Gasteiger charge is -2.29. The monoisotopic (exact) mass is 521 g/mol. The van der Waals surface area contributed by atoms with Gasteiger partial charge in [0.05, 0.1) is 41.7 Å². The number of halogens is 4. The van der Waals surface area contributed by atoms with Gasteiger partial charge in [-0.15, -0.1) is 0 Å². The molecular weight excluding hydrogens is 502 g/mol. The second kappa shape index (κ2) is 9.15. The summed E-state index contributed by atoms with van der Waals surface area (Å²) < 4.78 is 65.7. The van der Waals surface area contributed by atoms with Crippen LogP contribution in [0, 0.1) is 17.1 Å². The van der Waals surface area contributed by atoms with E-state index >= 15 is 0 Å². The fraction of sp³-hybridized carbons (Fsp3) is 0.333. The van der Waals surface area contributed by atoms with Gasteiger partial charge in [-0.1, -0.05) is 0 Å². The predicted molar refractivity (Wildman–Crippen MR) is 124 cm³/mol. The number of esters is 1. The molecule has 2 aromatic carbocycles. The van der Waals surface area contributed by atoms with Crippen LogP contribution < -0.4 is 9.80 Å². The van der Waals surface area contributed by atoms with Gasteiger partial charge in [-0.05, 0) is 62.5 Å². The van der Waals surface area contributed by atoms with Crippen molar-refractivity contribution in [2.45, 2.75) is 38.1 Å². The van der Waals surface area contributed by atoms with Gasteiger partial charge in [0, 0.05) is 12.1 Å². The van der Waals surface area contributed by atoms with Crippen molar-refractivity contribution in [3.63, 3.8) is 0 Å². The minimum Gasteiger partial charge on any atom is -0.456 e. The number of hydrogen-bond donors (Lipinski definition) is 0. The number of alkyl halides is 3. The van der Waals surface area contributed by atoms with E-state index in [0.717, 1.165) is 17.0 Å². The first-order chi connectivity index (χ1) is 16.9. The summed E-state index contributed by atoms with van der Waals surface area (Å²) in [7, 11) is 0. The Balaban J connectivity index is 1.67. The third-order valence-corrected chi connectivity index (χ3v) is 6.31. The largest absolute Gasteiger partial charge is 0.456 e. The molecule has 7 nitrogen and oxygen atoms in total. The van der Waals surface area contributed by atoms with Crippen LogP contribution in [0.1, 0.15) is 41.8 Å². The first kappa shape index (κ1) is 25.5. The fourth-order valence-electron chi connectivity index (χ4n) is 4.09. The maximum Gasteiger partial charge on any atom is 0.417 e. The number of rotatable bonds is 4. The number of thiocarbonyl (C=S) groups is 1. The van der Waals surface area contributed by atoms with Gasteiger partial charge >= 0.3 is 12.1 Å². The van der Waals surface area contributed by atoms with Crippen LogP contribution in [0.25, 0.3) is 0 Å². The lowest BCUT2D eigenvalue weighted by atomic mass is 10.0. The summed E-state index contributed by atoms with van der Waals surface area (Å²) in [5, 5.41) is 8.85. The van der Waals surface area contributed by atoms with Gasteiger partial charge in [0.1, 0.15) is 17.5 Å². The standard InChI is InChI=1S/C24H19F4N3O4S/c1-23(2)21(33)30(14-4-3-13(11-29)18(9-14)24(26,27)28)22(36)31(23)15-5-6-17(19(25)10-15)20(32)35-16-7-8-34-12-16/h3-6,9-10,16H,7-8,12H2,1-2H3/t16-/m1/s1. The first-order valence-electron chi connectivity index (χ1n) is 10.7. The van der Waals surface area contributed by atoms with Crippen molar-refractivity contribution in [2.75, 3.05) is 23.0 Å². The van der Waals surface area contributed by atoms with Crippen molar-refractivity contribution in [1.82, 2.24) is 0 Å². The summed E-state index contributed by atoms with van der Waals surface area (Å²) >= 11 is 5.43. The van der Waals surface area contributed by atoms with Gasteiger partial charge < -0.3 is 14.4 Å². The van der Waals surface area contributed by atoms with Crippen LogP contribution in [0.3, 0.4) is 0 Å². The normalized spacial score (nSPS) is 19.5. The molecule has 0 saturated carbocycles. The number of carbonyl (C=O) groups excluding carboxylic acids is 2. The highest BCUT2D eigenvalue weighted by atomic mass is 32.1. The molecule has 12 heteroatoms. The molecule has 0 spiro atoms. The number of carbonyl (C=O) groups is 2. The number of hydrogen-bond acceptors (Lipinski definition) is 6. The number of nitrogens with zero attached hydrogens (tertiary/aromatic N) is 3. The second-order valence-electron chi connectivity index (χ2n) is 8.71. The SMILES string of the molecule is CC1(C)C(=O)N(c2ccc(C#N)c(C(F)(F)F)c2)C(=S)N1c1ccc(C(=O)O[C@@H]2CCOC2)c(F)c1. The average molecular weight is 521 g/mol.